The van der Waals surface area contributed by atoms with Crippen molar-refractivity contribution in [1.82, 2.24) is 5.32 Å². The van der Waals surface area contributed by atoms with E-state index in [1.165, 1.54) is 0 Å². The number of benzene rings is 1. The maximum Gasteiger partial charge on any atom is 0.412 e. The van der Waals surface area contributed by atoms with Crippen molar-refractivity contribution < 1.29 is 14.6 Å². The predicted molar refractivity (Wildman–Crippen MR) is 61.1 cm³/mol. The van der Waals surface area contributed by atoms with E-state index in [1.54, 1.807) is 31.2 Å². The van der Waals surface area contributed by atoms with Crippen LogP contribution in [0.3, 0.4) is 0 Å². The SMILES string of the molecule is C=C(C)OC(=O)NCCc1ccc(O)cc1. The van der Waals surface area contributed by atoms with Crippen molar-refractivity contribution in [2.45, 2.75) is 13.3 Å². The van der Waals surface area contributed by atoms with E-state index in [0.717, 1.165) is 5.56 Å². The first kappa shape index (κ1) is 12.1. The Kier molecular flexibility index (Phi) is 4.39. The second-order valence-corrected chi connectivity index (χ2v) is 3.43. The lowest BCUT2D eigenvalue weighted by Crippen LogP contribution is -2.25. The molecule has 1 rings (SSSR count). The van der Waals surface area contributed by atoms with Crippen LogP contribution in [-0.4, -0.2) is 17.7 Å². The summed E-state index contributed by atoms with van der Waals surface area (Å²) in [5.74, 6) is 0.598. The molecule has 1 amide bonds. The van der Waals surface area contributed by atoms with Gasteiger partial charge in [-0.05, 0) is 31.0 Å². The molecule has 2 N–H and O–H groups in total. The number of amides is 1. The van der Waals surface area contributed by atoms with E-state index in [9.17, 15) is 4.79 Å². The normalized spacial score (nSPS) is 9.56. The van der Waals surface area contributed by atoms with Gasteiger partial charge in [0.1, 0.15) is 5.75 Å². The Morgan fingerprint density at radius 1 is 1.44 bits per heavy atom. The number of ether oxygens (including phenoxy) is 1. The molecule has 0 radical (unpaired) electrons. The topological polar surface area (TPSA) is 58.6 Å². The Bertz CT molecular complexity index is 370. The molecule has 0 heterocycles. The summed E-state index contributed by atoms with van der Waals surface area (Å²) >= 11 is 0. The number of phenols is 1. The van der Waals surface area contributed by atoms with Crippen LogP contribution in [0.25, 0.3) is 0 Å². The van der Waals surface area contributed by atoms with E-state index in [-0.39, 0.29) is 5.75 Å². The molecule has 0 aromatic heterocycles. The highest BCUT2D eigenvalue weighted by atomic mass is 16.6. The average molecular weight is 221 g/mol. The first-order valence-corrected chi connectivity index (χ1v) is 4.97. The summed E-state index contributed by atoms with van der Waals surface area (Å²) in [7, 11) is 0. The molecule has 4 heteroatoms. The molecule has 0 saturated carbocycles. The molecule has 0 aliphatic rings. The number of aromatic hydroxyl groups is 1. The lowest BCUT2D eigenvalue weighted by atomic mass is 10.1. The second-order valence-electron chi connectivity index (χ2n) is 3.43. The minimum atomic E-state index is -0.494. The van der Waals surface area contributed by atoms with E-state index in [2.05, 4.69) is 11.9 Å². The van der Waals surface area contributed by atoms with E-state index in [1.807, 2.05) is 0 Å². The van der Waals surface area contributed by atoms with Crippen molar-refractivity contribution >= 4 is 6.09 Å². The standard InChI is InChI=1S/C12H15NO3/c1-9(2)16-12(15)13-8-7-10-3-5-11(14)6-4-10/h3-6,14H,1,7-8H2,2H3,(H,13,15). The molecule has 1 aromatic carbocycles. The molecule has 0 aliphatic carbocycles. The third kappa shape index (κ3) is 4.50. The molecule has 0 bridgehead atoms. The van der Waals surface area contributed by atoms with Gasteiger partial charge in [-0.1, -0.05) is 18.7 Å². The van der Waals surface area contributed by atoms with Crippen LogP contribution in [0, 0.1) is 0 Å². The monoisotopic (exact) mass is 221 g/mol. The molecule has 0 spiro atoms. The van der Waals surface area contributed by atoms with Gasteiger partial charge in [-0.15, -0.1) is 0 Å². The van der Waals surface area contributed by atoms with Gasteiger partial charge in [0.2, 0.25) is 0 Å². The van der Waals surface area contributed by atoms with Crippen LogP contribution >= 0.6 is 0 Å². The molecule has 1 aromatic rings. The maximum absolute atomic E-state index is 11.1. The number of hydrogen-bond donors (Lipinski definition) is 2. The Balaban J connectivity index is 2.28. The summed E-state index contributed by atoms with van der Waals surface area (Å²) in [5, 5.41) is 11.7. The Labute approximate surface area is 94.6 Å². The van der Waals surface area contributed by atoms with E-state index in [4.69, 9.17) is 9.84 Å². The minimum Gasteiger partial charge on any atom is -0.508 e. The summed E-state index contributed by atoms with van der Waals surface area (Å²) in [6.45, 7) is 5.55. The zero-order valence-electron chi connectivity index (χ0n) is 9.19. The lowest BCUT2D eigenvalue weighted by Gasteiger charge is -2.05. The van der Waals surface area contributed by atoms with Crippen molar-refractivity contribution in [2.24, 2.45) is 0 Å². The van der Waals surface area contributed by atoms with Gasteiger partial charge in [-0.25, -0.2) is 4.79 Å². The molecule has 86 valence electrons. The zero-order chi connectivity index (χ0) is 12.0. The van der Waals surface area contributed by atoms with Gasteiger partial charge in [0.15, 0.2) is 0 Å². The largest absolute Gasteiger partial charge is 0.508 e. The fraction of sp³-hybridized carbons (Fsp3) is 0.250. The average Bonchev–Trinajstić information content (AvgIpc) is 2.20. The molecule has 0 atom stereocenters. The van der Waals surface area contributed by atoms with Gasteiger partial charge in [0, 0.05) is 6.54 Å². The summed E-state index contributed by atoms with van der Waals surface area (Å²) in [6, 6.07) is 6.84. The van der Waals surface area contributed by atoms with Gasteiger partial charge < -0.3 is 15.2 Å². The lowest BCUT2D eigenvalue weighted by molar-refractivity contribution is 0.177. The van der Waals surface area contributed by atoms with E-state index >= 15 is 0 Å². The molecule has 16 heavy (non-hydrogen) atoms. The number of phenolic OH excluding ortho intramolecular Hbond substituents is 1. The minimum absolute atomic E-state index is 0.235. The smallest absolute Gasteiger partial charge is 0.412 e. The van der Waals surface area contributed by atoms with Gasteiger partial charge >= 0.3 is 6.09 Å². The van der Waals surface area contributed by atoms with Crippen LogP contribution < -0.4 is 5.32 Å². The van der Waals surface area contributed by atoms with Crippen LogP contribution in [0.2, 0.25) is 0 Å². The van der Waals surface area contributed by atoms with Crippen molar-refractivity contribution in [2.75, 3.05) is 6.54 Å². The van der Waals surface area contributed by atoms with Crippen LogP contribution in [0.5, 0.6) is 5.75 Å². The van der Waals surface area contributed by atoms with Gasteiger partial charge in [-0.3, -0.25) is 0 Å². The summed E-state index contributed by atoms with van der Waals surface area (Å²) < 4.78 is 4.72. The third-order valence-electron chi connectivity index (χ3n) is 1.89. The highest BCUT2D eigenvalue weighted by molar-refractivity contribution is 5.68. The fourth-order valence-electron chi connectivity index (χ4n) is 1.17. The highest BCUT2D eigenvalue weighted by Crippen LogP contribution is 2.09. The van der Waals surface area contributed by atoms with Gasteiger partial charge in [-0.2, -0.15) is 0 Å². The second kappa shape index (κ2) is 5.80. The van der Waals surface area contributed by atoms with Crippen LogP contribution in [0.15, 0.2) is 36.6 Å². The Hall–Kier alpha value is -1.97. The van der Waals surface area contributed by atoms with Crippen molar-refractivity contribution in [3.05, 3.63) is 42.2 Å². The first-order chi connectivity index (χ1) is 7.58. The maximum atomic E-state index is 11.1. The summed E-state index contributed by atoms with van der Waals surface area (Å²) in [6.07, 6.45) is 0.192. The number of carbonyl (C=O) groups is 1. The molecular weight excluding hydrogens is 206 g/mol. The number of allylic oxidation sites excluding steroid dienone is 1. The van der Waals surface area contributed by atoms with Crippen LogP contribution in [0.4, 0.5) is 4.79 Å². The van der Waals surface area contributed by atoms with Gasteiger partial charge in [0.05, 0.1) is 5.76 Å². The summed E-state index contributed by atoms with van der Waals surface area (Å²) in [4.78, 5) is 11.1. The van der Waals surface area contributed by atoms with Crippen LogP contribution in [-0.2, 0) is 11.2 Å². The molecular formula is C12H15NO3. The highest BCUT2D eigenvalue weighted by Gasteiger charge is 2.01. The third-order valence-corrected chi connectivity index (χ3v) is 1.89. The zero-order valence-corrected chi connectivity index (χ0v) is 9.19. The first-order valence-electron chi connectivity index (χ1n) is 4.97. The quantitative estimate of drug-likeness (QED) is 0.766. The number of carbonyl (C=O) groups excluding carboxylic acids is 1. The number of hydrogen-bond acceptors (Lipinski definition) is 3. The molecule has 0 unspecified atom stereocenters. The number of alkyl carbamates (subject to hydrolysis) is 1. The number of nitrogens with one attached hydrogen (secondary N) is 1. The van der Waals surface area contributed by atoms with Crippen molar-refractivity contribution in [3.8, 4) is 5.75 Å². The molecule has 0 fully saturated rings. The molecule has 0 saturated heterocycles. The van der Waals surface area contributed by atoms with E-state index in [0.29, 0.717) is 18.7 Å². The Morgan fingerprint density at radius 2 is 2.06 bits per heavy atom. The van der Waals surface area contributed by atoms with E-state index < -0.39 is 6.09 Å². The van der Waals surface area contributed by atoms with Gasteiger partial charge in [0.25, 0.3) is 0 Å². The molecule has 0 aliphatic heterocycles. The van der Waals surface area contributed by atoms with Crippen LogP contribution in [0.1, 0.15) is 12.5 Å². The predicted octanol–water partition coefficient (Wildman–Crippen LogP) is 2.19. The Morgan fingerprint density at radius 3 is 2.62 bits per heavy atom. The number of rotatable bonds is 4. The van der Waals surface area contributed by atoms with Crippen molar-refractivity contribution in [1.29, 1.82) is 0 Å². The summed E-state index contributed by atoms with van der Waals surface area (Å²) in [5.41, 5.74) is 1.04. The fourth-order valence-corrected chi connectivity index (χ4v) is 1.17. The molecule has 4 nitrogen and oxygen atoms in total. The van der Waals surface area contributed by atoms with Crippen molar-refractivity contribution in [3.63, 3.8) is 0 Å².